The van der Waals surface area contributed by atoms with E-state index in [0.717, 1.165) is 22.4 Å². The van der Waals surface area contributed by atoms with Gasteiger partial charge in [-0.3, -0.25) is 9.97 Å². The minimum atomic E-state index is 0.931. The minimum absolute atomic E-state index is 0.931. The molecule has 9 aromatic carbocycles. The minimum Gasteiger partial charge on any atom is -0.264 e. The van der Waals surface area contributed by atoms with E-state index < -0.39 is 0 Å². The molecule has 0 bridgehead atoms. The van der Waals surface area contributed by atoms with Crippen LogP contribution in [-0.4, -0.2) is 9.97 Å². The van der Waals surface area contributed by atoms with Gasteiger partial charge >= 0.3 is 0 Å². The Morgan fingerprint density at radius 1 is 0.276 bits per heavy atom. The van der Waals surface area contributed by atoms with Crippen LogP contribution in [0.4, 0.5) is 0 Å². The van der Waals surface area contributed by atoms with Gasteiger partial charge in [-0.15, -0.1) is 0 Å². The van der Waals surface area contributed by atoms with Crippen molar-refractivity contribution in [2.45, 2.75) is 0 Å². The van der Waals surface area contributed by atoms with Crippen molar-refractivity contribution in [3.05, 3.63) is 219 Å². The molecule has 0 fully saturated rings. The van der Waals surface area contributed by atoms with E-state index in [-0.39, 0.29) is 0 Å². The van der Waals surface area contributed by atoms with Gasteiger partial charge in [0, 0.05) is 35.3 Å². The molecule has 270 valence electrons. The Labute approximate surface area is 337 Å². The number of aromatic nitrogens is 2. The maximum absolute atomic E-state index is 4.98. The highest BCUT2D eigenvalue weighted by atomic mass is 14.7. The van der Waals surface area contributed by atoms with Crippen molar-refractivity contribution in [3.63, 3.8) is 0 Å². The van der Waals surface area contributed by atoms with Crippen molar-refractivity contribution in [1.29, 1.82) is 0 Å². The number of benzene rings is 9. The van der Waals surface area contributed by atoms with Crippen LogP contribution >= 0.6 is 0 Å². The number of rotatable bonds is 6. The summed E-state index contributed by atoms with van der Waals surface area (Å²) in [6, 6.07) is 72.7. The molecule has 11 aromatic rings. The predicted molar refractivity (Wildman–Crippen MR) is 245 cm³/mol. The molecule has 0 aliphatic carbocycles. The van der Waals surface area contributed by atoms with Crippen molar-refractivity contribution in [2.24, 2.45) is 0 Å². The van der Waals surface area contributed by atoms with Gasteiger partial charge in [0.15, 0.2) is 0 Å². The van der Waals surface area contributed by atoms with E-state index in [2.05, 4.69) is 199 Å². The van der Waals surface area contributed by atoms with Gasteiger partial charge in [-0.25, -0.2) is 0 Å². The van der Waals surface area contributed by atoms with Crippen LogP contribution in [0.5, 0.6) is 0 Å². The lowest BCUT2D eigenvalue weighted by Crippen LogP contribution is -1.93. The standard InChI is InChI=1S/C56H36N2/c1-3-15-46-37(10-1)12-7-19-48(46)39-21-25-41(26-22-39)55-50-17-5-6-18-51(50)56(42-27-23-40(24-28-42)49-20-8-13-38-11-2-4-16-47(38)49)53-34-43(29-31-52(53)55)54-32-30-45(36-58-54)44-14-9-33-57-35-44/h1-36H. The molecular weight excluding hydrogens is 701 g/mol. The van der Waals surface area contributed by atoms with Crippen molar-refractivity contribution in [2.75, 3.05) is 0 Å². The van der Waals surface area contributed by atoms with E-state index in [1.54, 1.807) is 6.20 Å². The van der Waals surface area contributed by atoms with Gasteiger partial charge in [-0.2, -0.15) is 0 Å². The number of fused-ring (bicyclic) bond motifs is 4. The summed E-state index contributed by atoms with van der Waals surface area (Å²) in [6.07, 6.45) is 5.63. The predicted octanol–water partition coefficient (Wildman–Crippen LogP) is 15.1. The molecule has 2 nitrogen and oxygen atoms in total. The van der Waals surface area contributed by atoms with Crippen LogP contribution in [0.15, 0.2) is 219 Å². The molecule has 58 heavy (non-hydrogen) atoms. The Morgan fingerprint density at radius 3 is 1.29 bits per heavy atom. The second-order valence-corrected chi connectivity index (χ2v) is 14.9. The fraction of sp³-hybridized carbons (Fsp3) is 0. The quantitative estimate of drug-likeness (QED) is 0.159. The zero-order valence-electron chi connectivity index (χ0n) is 31.7. The van der Waals surface area contributed by atoms with Crippen molar-refractivity contribution >= 4 is 43.1 Å². The second-order valence-electron chi connectivity index (χ2n) is 14.9. The van der Waals surface area contributed by atoms with Crippen LogP contribution in [0.3, 0.4) is 0 Å². The topological polar surface area (TPSA) is 25.8 Å². The lowest BCUT2D eigenvalue weighted by molar-refractivity contribution is 1.30. The average molecular weight is 737 g/mol. The highest BCUT2D eigenvalue weighted by Crippen LogP contribution is 2.46. The largest absolute Gasteiger partial charge is 0.264 e. The fourth-order valence-electron chi connectivity index (χ4n) is 8.82. The summed E-state index contributed by atoms with van der Waals surface area (Å²) in [5.74, 6) is 0. The zero-order chi connectivity index (χ0) is 38.4. The van der Waals surface area contributed by atoms with E-state index in [1.165, 1.54) is 87.6 Å². The number of hydrogen-bond acceptors (Lipinski definition) is 2. The third-order valence-electron chi connectivity index (χ3n) is 11.6. The monoisotopic (exact) mass is 736 g/mol. The van der Waals surface area contributed by atoms with Gasteiger partial charge in [-0.1, -0.05) is 182 Å². The van der Waals surface area contributed by atoms with Crippen LogP contribution < -0.4 is 0 Å². The summed E-state index contributed by atoms with van der Waals surface area (Å²) in [5, 5.41) is 9.87. The van der Waals surface area contributed by atoms with Crippen LogP contribution in [0.25, 0.3) is 110 Å². The van der Waals surface area contributed by atoms with E-state index in [1.807, 2.05) is 18.5 Å². The Bertz CT molecular complexity index is 3280. The van der Waals surface area contributed by atoms with Crippen molar-refractivity contribution in [1.82, 2.24) is 9.97 Å². The maximum Gasteiger partial charge on any atom is 0.0702 e. The molecule has 0 aliphatic heterocycles. The Morgan fingerprint density at radius 2 is 0.741 bits per heavy atom. The van der Waals surface area contributed by atoms with E-state index >= 15 is 0 Å². The summed E-state index contributed by atoms with van der Waals surface area (Å²) < 4.78 is 0. The molecule has 0 N–H and O–H groups in total. The van der Waals surface area contributed by atoms with E-state index in [0.29, 0.717) is 0 Å². The van der Waals surface area contributed by atoms with Gasteiger partial charge in [0.05, 0.1) is 5.69 Å². The molecule has 2 aromatic heterocycles. The SMILES string of the molecule is c1cncc(-c2ccc(-c3ccc4c(-c5ccc(-c6cccc7ccccc67)cc5)c5ccccc5c(-c5ccc(-c6cccc7ccccc67)cc5)c4c3)nc2)c1. The molecule has 0 spiro atoms. The second kappa shape index (κ2) is 14.1. The Hall–Kier alpha value is -7.68. The van der Waals surface area contributed by atoms with Gasteiger partial charge in [0.1, 0.15) is 0 Å². The third kappa shape index (κ3) is 5.82. The molecule has 11 rings (SSSR count). The molecule has 2 heteroatoms. The normalized spacial score (nSPS) is 11.4. The molecule has 2 heterocycles. The van der Waals surface area contributed by atoms with Gasteiger partial charge < -0.3 is 0 Å². The van der Waals surface area contributed by atoms with Crippen LogP contribution in [-0.2, 0) is 0 Å². The first-order chi connectivity index (χ1) is 28.8. The lowest BCUT2D eigenvalue weighted by Gasteiger charge is -2.19. The molecule has 0 amide bonds. The van der Waals surface area contributed by atoms with Crippen molar-refractivity contribution < 1.29 is 0 Å². The molecule has 0 aliphatic rings. The first-order valence-electron chi connectivity index (χ1n) is 19.8. The van der Waals surface area contributed by atoms with Crippen LogP contribution in [0.2, 0.25) is 0 Å². The summed E-state index contributed by atoms with van der Waals surface area (Å²) >= 11 is 0. The number of nitrogens with zero attached hydrogens (tertiary/aromatic N) is 2. The Kier molecular flexibility index (Phi) is 8.19. The third-order valence-corrected chi connectivity index (χ3v) is 11.6. The Balaban J connectivity index is 1.10. The first kappa shape index (κ1) is 33.6. The highest BCUT2D eigenvalue weighted by molar-refractivity contribution is 6.22. The van der Waals surface area contributed by atoms with Crippen LogP contribution in [0, 0.1) is 0 Å². The number of pyridine rings is 2. The van der Waals surface area contributed by atoms with Crippen LogP contribution in [0.1, 0.15) is 0 Å². The smallest absolute Gasteiger partial charge is 0.0702 e. The lowest BCUT2D eigenvalue weighted by atomic mass is 9.84. The van der Waals surface area contributed by atoms with E-state index in [9.17, 15) is 0 Å². The molecule has 0 saturated carbocycles. The summed E-state index contributed by atoms with van der Waals surface area (Å²) in [7, 11) is 0. The van der Waals surface area contributed by atoms with E-state index in [4.69, 9.17) is 4.98 Å². The fourth-order valence-corrected chi connectivity index (χ4v) is 8.82. The van der Waals surface area contributed by atoms with Gasteiger partial charge in [-0.05, 0) is 106 Å². The number of hydrogen-bond donors (Lipinski definition) is 0. The maximum atomic E-state index is 4.98. The van der Waals surface area contributed by atoms with Gasteiger partial charge in [0.25, 0.3) is 0 Å². The zero-order valence-corrected chi connectivity index (χ0v) is 31.7. The summed E-state index contributed by atoms with van der Waals surface area (Å²) in [5.41, 5.74) is 13.8. The summed E-state index contributed by atoms with van der Waals surface area (Å²) in [4.78, 5) is 9.29. The van der Waals surface area contributed by atoms with Gasteiger partial charge in [0.2, 0.25) is 0 Å². The van der Waals surface area contributed by atoms with Crippen molar-refractivity contribution in [3.8, 4) is 66.9 Å². The average Bonchev–Trinajstić information content (AvgIpc) is 3.31. The molecule has 0 unspecified atom stereocenters. The highest BCUT2D eigenvalue weighted by Gasteiger charge is 2.19. The molecule has 0 atom stereocenters. The molecular formula is C56H36N2. The molecule has 0 radical (unpaired) electrons. The summed E-state index contributed by atoms with van der Waals surface area (Å²) in [6.45, 7) is 0. The molecule has 0 saturated heterocycles. The first-order valence-corrected chi connectivity index (χ1v) is 19.8.